The quantitative estimate of drug-likeness (QED) is 0.875. The maximum Gasteiger partial charge on any atom is 0.183 e. The summed E-state index contributed by atoms with van der Waals surface area (Å²) in [5.41, 5.74) is 0. The Balaban J connectivity index is 1.43. The zero-order valence-corrected chi connectivity index (χ0v) is 12.0. The van der Waals surface area contributed by atoms with Gasteiger partial charge in [-0.3, -0.25) is 0 Å². The number of hydrogen-bond acceptors (Lipinski definition) is 3. The van der Waals surface area contributed by atoms with E-state index in [1.54, 1.807) is 12.1 Å². The van der Waals surface area contributed by atoms with E-state index in [0.717, 1.165) is 19.4 Å². The minimum absolute atomic E-state index is 0.0411. The molecule has 1 aromatic rings. The lowest BCUT2D eigenvalue weighted by molar-refractivity contribution is 0.0177. The maximum absolute atomic E-state index is 13.7. The van der Waals surface area contributed by atoms with Crippen molar-refractivity contribution in [2.24, 2.45) is 0 Å². The van der Waals surface area contributed by atoms with Crippen molar-refractivity contribution in [2.75, 3.05) is 13.2 Å². The van der Waals surface area contributed by atoms with Gasteiger partial charge in [0.2, 0.25) is 0 Å². The molecule has 2 fully saturated rings. The maximum atomic E-state index is 13.7. The molecule has 2 atom stereocenters. The zero-order valence-electron chi connectivity index (χ0n) is 11.3. The van der Waals surface area contributed by atoms with Gasteiger partial charge in [-0.2, -0.15) is 0 Å². The van der Waals surface area contributed by atoms with Crippen LogP contribution in [0.3, 0.4) is 0 Å². The fraction of sp³-hybridized carbons (Fsp3) is 0.600. The van der Waals surface area contributed by atoms with Crippen LogP contribution < -0.4 is 10.1 Å². The molecule has 3 rings (SSSR count). The minimum atomic E-state index is -0.501. The Hall–Kier alpha value is -0.840. The van der Waals surface area contributed by atoms with Gasteiger partial charge in [-0.1, -0.05) is 17.7 Å². The second-order valence-electron chi connectivity index (χ2n) is 5.50. The first-order valence-corrected chi connectivity index (χ1v) is 7.56. The molecule has 2 aliphatic rings. The van der Waals surface area contributed by atoms with E-state index in [9.17, 15) is 4.39 Å². The molecule has 1 N–H and O–H groups in total. The van der Waals surface area contributed by atoms with Gasteiger partial charge >= 0.3 is 0 Å². The lowest BCUT2D eigenvalue weighted by Gasteiger charge is -2.15. The monoisotopic (exact) mass is 299 g/mol. The SMILES string of the molecule is Fc1c(Cl)cccc1OCC1CCC(CNC2CC2)O1. The number of ether oxygens (including phenoxy) is 2. The summed E-state index contributed by atoms with van der Waals surface area (Å²) in [7, 11) is 0. The van der Waals surface area contributed by atoms with E-state index in [1.165, 1.54) is 18.9 Å². The first kappa shape index (κ1) is 14.1. The number of benzene rings is 1. The number of nitrogens with one attached hydrogen (secondary N) is 1. The van der Waals surface area contributed by atoms with E-state index in [1.807, 2.05) is 0 Å². The van der Waals surface area contributed by atoms with E-state index >= 15 is 0 Å². The van der Waals surface area contributed by atoms with Crippen molar-refractivity contribution in [3.05, 3.63) is 29.0 Å². The Labute approximate surface area is 123 Å². The molecular weight excluding hydrogens is 281 g/mol. The van der Waals surface area contributed by atoms with Crippen molar-refractivity contribution in [3.8, 4) is 5.75 Å². The van der Waals surface area contributed by atoms with Gasteiger partial charge in [-0.15, -0.1) is 0 Å². The molecule has 0 radical (unpaired) electrons. The van der Waals surface area contributed by atoms with Crippen LogP contribution in [-0.2, 0) is 4.74 Å². The van der Waals surface area contributed by atoms with Crippen molar-refractivity contribution in [2.45, 2.75) is 43.9 Å². The molecule has 5 heteroatoms. The Morgan fingerprint density at radius 1 is 1.25 bits per heavy atom. The molecule has 1 saturated heterocycles. The van der Waals surface area contributed by atoms with Gasteiger partial charge in [0.15, 0.2) is 11.6 Å². The summed E-state index contributed by atoms with van der Waals surface area (Å²) in [5.74, 6) is -0.306. The molecule has 2 unspecified atom stereocenters. The van der Waals surface area contributed by atoms with E-state index in [2.05, 4.69) is 5.32 Å². The van der Waals surface area contributed by atoms with Crippen molar-refractivity contribution in [3.63, 3.8) is 0 Å². The molecular formula is C15H19ClFNO2. The van der Waals surface area contributed by atoms with Gasteiger partial charge in [0, 0.05) is 12.6 Å². The van der Waals surface area contributed by atoms with Crippen LogP contribution in [-0.4, -0.2) is 31.4 Å². The summed E-state index contributed by atoms with van der Waals surface area (Å²) in [4.78, 5) is 0. The highest BCUT2D eigenvalue weighted by molar-refractivity contribution is 6.30. The Bertz CT molecular complexity index is 467. The average Bonchev–Trinajstić information content (AvgIpc) is 3.17. The predicted octanol–water partition coefficient (Wildman–Crippen LogP) is 3.16. The van der Waals surface area contributed by atoms with Crippen molar-refractivity contribution >= 4 is 11.6 Å². The molecule has 3 nitrogen and oxygen atoms in total. The van der Waals surface area contributed by atoms with Gasteiger partial charge in [-0.05, 0) is 37.8 Å². The second-order valence-corrected chi connectivity index (χ2v) is 5.91. The van der Waals surface area contributed by atoms with Gasteiger partial charge in [0.25, 0.3) is 0 Å². The molecule has 1 saturated carbocycles. The van der Waals surface area contributed by atoms with Crippen LogP contribution in [0.4, 0.5) is 4.39 Å². The van der Waals surface area contributed by atoms with Gasteiger partial charge in [0.05, 0.1) is 17.2 Å². The third-order valence-electron chi connectivity index (χ3n) is 3.75. The molecule has 1 aliphatic heterocycles. The first-order chi connectivity index (χ1) is 9.72. The normalized spacial score (nSPS) is 25.9. The summed E-state index contributed by atoms with van der Waals surface area (Å²) in [5, 5.41) is 3.55. The summed E-state index contributed by atoms with van der Waals surface area (Å²) < 4.78 is 25.0. The van der Waals surface area contributed by atoms with Gasteiger partial charge in [-0.25, -0.2) is 4.39 Å². The van der Waals surface area contributed by atoms with Crippen LogP contribution in [0.25, 0.3) is 0 Å². The van der Waals surface area contributed by atoms with E-state index in [4.69, 9.17) is 21.1 Å². The highest BCUT2D eigenvalue weighted by Gasteiger charge is 2.28. The van der Waals surface area contributed by atoms with Gasteiger partial charge < -0.3 is 14.8 Å². The van der Waals surface area contributed by atoms with Crippen LogP contribution in [0, 0.1) is 5.82 Å². The second kappa shape index (κ2) is 6.29. The lowest BCUT2D eigenvalue weighted by Crippen LogP contribution is -2.29. The van der Waals surface area contributed by atoms with Crippen LogP contribution in [0.2, 0.25) is 5.02 Å². The molecule has 0 amide bonds. The van der Waals surface area contributed by atoms with Crippen molar-refractivity contribution < 1.29 is 13.9 Å². The third-order valence-corrected chi connectivity index (χ3v) is 4.04. The lowest BCUT2D eigenvalue weighted by atomic mass is 10.2. The van der Waals surface area contributed by atoms with Crippen molar-refractivity contribution in [1.82, 2.24) is 5.32 Å². The average molecular weight is 300 g/mol. The van der Waals surface area contributed by atoms with Crippen molar-refractivity contribution in [1.29, 1.82) is 0 Å². The smallest absolute Gasteiger partial charge is 0.183 e. The molecule has 1 heterocycles. The summed E-state index contributed by atoms with van der Waals surface area (Å²) in [6.07, 6.45) is 4.86. The third kappa shape index (κ3) is 3.62. The summed E-state index contributed by atoms with van der Waals surface area (Å²) in [6, 6.07) is 5.48. The molecule has 1 aromatic carbocycles. The standard InChI is InChI=1S/C15H19ClFNO2/c16-13-2-1-3-14(15(13)17)19-9-12-7-6-11(20-12)8-18-10-4-5-10/h1-3,10-12,18H,4-9H2. The van der Waals surface area contributed by atoms with Gasteiger partial charge in [0.1, 0.15) is 6.61 Å². The Kier molecular flexibility index (Phi) is 4.44. The van der Waals surface area contributed by atoms with Crippen LogP contribution in [0.15, 0.2) is 18.2 Å². The molecule has 20 heavy (non-hydrogen) atoms. The highest BCUT2D eigenvalue weighted by Crippen LogP contribution is 2.26. The molecule has 110 valence electrons. The molecule has 0 aromatic heterocycles. The van der Waals surface area contributed by atoms with E-state index < -0.39 is 5.82 Å². The zero-order chi connectivity index (χ0) is 13.9. The fourth-order valence-electron chi connectivity index (χ4n) is 2.42. The van der Waals surface area contributed by atoms with E-state index in [0.29, 0.717) is 12.6 Å². The minimum Gasteiger partial charge on any atom is -0.488 e. The van der Waals surface area contributed by atoms with Crippen LogP contribution in [0.1, 0.15) is 25.7 Å². The topological polar surface area (TPSA) is 30.5 Å². The summed E-state index contributed by atoms with van der Waals surface area (Å²) in [6.45, 7) is 1.28. The molecule has 0 spiro atoms. The highest BCUT2D eigenvalue weighted by atomic mass is 35.5. The first-order valence-electron chi connectivity index (χ1n) is 7.18. The van der Waals surface area contributed by atoms with E-state index in [-0.39, 0.29) is 23.0 Å². The number of halogens is 2. The van der Waals surface area contributed by atoms with Crippen LogP contribution in [0.5, 0.6) is 5.75 Å². The molecule has 0 bridgehead atoms. The Morgan fingerprint density at radius 2 is 2.05 bits per heavy atom. The largest absolute Gasteiger partial charge is 0.488 e. The van der Waals surface area contributed by atoms with Crippen LogP contribution >= 0.6 is 11.6 Å². The Morgan fingerprint density at radius 3 is 2.85 bits per heavy atom. The predicted molar refractivity (Wildman–Crippen MR) is 75.8 cm³/mol. The number of rotatable bonds is 6. The molecule has 1 aliphatic carbocycles. The number of hydrogen-bond donors (Lipinski definition) is 1. The fourth-order valence-corrected chi connectivity index (χ4v) is 2.58. The summed E-state index contributed by atoms with van der Waals surface area (Å²) >= 11 is 5.71.